The molecule has 0 unspecified atom stereocenters. The summed E-state index contributed by atoms with van der Waals surface area (Å²) in [4.78, 5) is 0. The Morgan fingerprint density at radius 1 is 1.40 bits per heavy atom. The third kappa shape index (κ3) is 2.26. The van der Waals surface area contributed by atoms with E-state index in [0.717, 1.165) is 12.8 Å². The van der Waals surface area contributed by atoms with Gasteiger partial charge >= 0.3 is 0 Å². The maximum absolute atomic E-state index is 10.1. The summed E-state index contributed by atoms with van der Waals surface area (Å²) >= 11 is 0. The van der Waals surface area contributed by atoms with Gasteiger partial charge < -0.3 is 9.84 Å². The molecule has 0 radical (unpaired) electrons. The number of hydrogen-bond acceptors (Lipinski definition) is 2. The fraction of sp³-hybridized carbons (Fsp3) is 0.846. The van der Waals surface area contributed by atoms with E-state index in [9.17, 15) is 5.11 Å². The molecule has 2 fully saturated rings. The Balaban J connectivity index is 1.97. The molecular formula is C13H22O2. The van der Waals surface area contributed by atoms with Crippen LogP contribution in [0, 0.1) is 5.41 Å². The summed E-state index contributed by atoms with van der Waals surface area (Å²) in [6.07, 6.45) is 8.51. The number of rotatable bonds is 2. The third-order valence-corrected chi connectivity index (χ3v) is 3.41. The monoisotopic (exact) mass is 210 g/mol. The van der Waals surface area contributed by atoms with Crippen molar-refractivity contribution >= 4 is 0 Å². The molecule has 1 aliphatic carbocycles. The van der Waals surface area contributed by atoms with Crippen molar-refractivity contribution in [1.29, 1.82) is 0 Å². The molecule has 2 nitrogen and oxygen atoms in total. The minimum absolute atomic E-state index is 0.136. The number of epoxide rings is 1. The van der Waals surface area contributed by atoms with Crippen LogP contribution in [0.5, 0.6) is 0 Å². The fourth-order valence-electron chi connectivity index (χ4n) is 2.44. The van der Waals surface area contributed by atoms with E-state index in [0.29, 0.717) is 6.10 Å². The first-order chi connectivity index (χ1) is 6.94. The van der Waals surface area contributed by atoms with Crippen LogP contribution in [-0.2, 0) is 4.74 Å². The van der Waals surface area contributed by atoms with Crippen molar-refractivity contribution in [1.82, 2.24) is 0 Å². The smallest absolute Gasteiger partial charge is 0.124 e. The van der Waals surface area contributed by atoms with E-state index < -0.39 is 6.10 Å². The molecule has 3 atom stereocenters. The van der Waals surface area contributed by atoms with Gasteiger partial charge in [-0.1, -0.05) is 45.8 Å². The molecule has 0 bridgehead atoms. The van der Waals surface area contributed by atoms with Gasteiger partial charge in [0, 0.05) is 0 Å². The van der Waals surface area contributed by atoms with Crippen LogP contribution < -0.4 is 0 Å². The van der Waals surface area contributed by atoms with Crippen molar-refractivity contribution in [2.24, 2.45) is 5.41 Å². The van der Waals surface area contributed by atoms with E-state index in [1.165, 1.54) is 12.8 Å². The van der Waals surface area contributed by atoms with E-state index in [4.69, 9.17) is 4.74 Å². The summed E-state index contributed by atoms with van der Waals surface area (Å²) in [6.45, 7) is 6.42. The van der Waals surface area contributed by atoms with Crippen LogP contribution in [0.4, 0.5) is 0 Å². The normalized spacial score (nSPS) is 37.7. The highest BCUT2D eigenvalue weighted by Crippen LogP contribution is 2.50. The summed E-state index contributed by atoms with van der Waals surface area (Å²) in [5.41, 5.74) is -0.0727. The predicted octanol–water partition coefficient (Wildman–Crippen LogP) is 2.66. The lowest BCUT2D eigenvalue weighted by atomic mass is 9.84. The molecule has 0 aromatic rings. The van der Waals surface area contributed by atoms with Crippen LogP contribution in [0.25, 0.3) is 0 Å². The SMILES string of the molecule is CC(C)(C)/C=C/[C@H](O)[C@@]12CCCC[C@@H]1O2. The van der Waals surface area contributed by atoms with Gasteiger partial charge in [-0.3, -0.25) is 0 Å². The molecule has 0 aromatic carbocycles. The van der Waals surface area contributed by atoms with Crippen molar-refractivity contribution in [2.75, 3.05) is 0 Å². The summed E-state index contributed by atoms with van der Waals surface area (Å²) in [5.74, 6) is 0. The van der Waals surface area contributed by atoms with Crippen molar-refractivity contribution in [3.05, 3.63) is 12.2 Å². The van der Waals surface area contributed by atoms with E-state index in [-0.39, 0.29) is 11.0 Å². The third-order valence-electron chi connectivity index (χ3n) is 3.41. The first kappa shape index (κ1) is 11.2. The highest BCUT2D eigenvalue weighted by molar-refractivity contribution is 5.16. The maximum atomic E-state index is 10.1. The fourth-order valence-corrected chi connectivity index (χ4v) is 2.44. The minimum atomic E-state index is -0.415. The van der Waals surface area contributed by atoms with Crippen molar-refractivity contribution in [3.8, 4) is 0 Å². The first-order valence-electron chi connectivity index (χ1n) is 5.99. The number of hydrogen-bond donors (Lipinski definition) is 1. The van der Waals surface area contributed by atoms with Gasteiger partial charge in [0.05, 0.1) is 6.10 Å². The summed E-state index contributed by atoms with van der Waals surface area (Å²) < 4.78 is 5.69. The molecule has 0 spiro atoms. The molecule has 2 heteroatoms. The van der Waals surface area contributed by atoms with Crippen LogP contribution in [0.2, 0.25) is 0 Å². The standard InChI is InChI=1S/C13H22O2/c1-12(2,3)9-7-10(14)13-8-5-4-6-11(13)15-13/h7,9-11,14H,4-6,8H2,1-3H3/b9-7+/t10-,11-,13-/m0/s1. The topological polar surface area (TPSA) is 32.8 Å². The van der Waals surface area contributed by atoms with Gasteiger partial charge in [-0.25, -0.2) is 0 Å². The van der Waals surface area contributed by atoms with Gasteiger partial charge in [0.15, 0.2) is 0 Å². The van der Waals surface area contributed by atoms with Crippen molar-refractivity contribution in [2.45, 2.75) is 64.3 Å². The molecule has 86 valence electrons. The zero-order valence-corrected chi connectivity index (χ0v) is 9.99. The van der Waals surface area contributed by atoms with Gasteiger partial charge in [-0.05, 0) is 18.3 Å². The summed E-state index contributed by atoms with van der Waals surface area (Å²) in [7, 11) is 0. The number of aliphatic hydroxyl groups is 1. The van der Waals surface area contributed by atoms with Crippen molar-refractivity contribution < 1.29 is 9.84 Å². The highest BCUT2D eigenvalue weighted by atomic mass is 16.6. The lowest BCUT2D eigenvalue weighted by Crippen LogP contribution is -2.33. The van der Waals surface area contributed by atoms with Crippen LogP contribution in [0.1, 0.15) is 46.5 Å². The zero-order valence-electron chi connectivity index (χ0n) is 9.99. The number of allylic oxidation sites excluding steroid dienone is 1. The Labute approximate surface area is 92.3 Å². The van der Waals surface area contributed by atoms with Gasteiger partial charge in [0.2, 0.25) is 0 Å². The minimum Gasteiger partial charge on any atom is -0.386 e. The number of aliphatic hydroxyl groups excluding tert-OH is 1. The maximum Gasteiger partial charge on any atom is 0.124 e. The van der Waals surface area contributed by atoms with Crippen LogP contribution in [0.3, 0.4) is 0 Å². The average molecular weight is 210 g/mol. The quantitative estimate of drug-likeness (QED) is 0.561. The van der Waals surface area contributed by atoms with Crippen LogP contribution >= 0.6 is 0 Å². The molecule has 1 saturated carbocycles. The predicted molar refractivity (Wildman–Crippen MR) is 60.7 cm³/mol. The number of ether oxygens (including phenoxy) is 1. The molecule has 1 saturated heterocycles. The van der Waals surface area contributed by atoms with Gasteiger partial charge in [-0.2, -0.15) is 0 Å². The molecular weight excluding hydrogens is 188 g/mol. The molecule has 1 N–H and O–H groups in total. The van der Waals surface area contributed by atoms with E-state index in [2.05, 4.69) is 26.8 Å². The molecule has 0 aromatic heterocycles. The first-order valence-corrected chi connectivity index (χ1v) is 5.99. The van der Waals surface area contributed by atoms with Gasteiger partial charge in [-0.15, -0.1) is 0 Å². The Morgan fingerprint density at radius 2 is 2.13 bits per heavy atom. The average Bonchev–Trinajstić information content (AvgIpc) is 2.88. The molecule has 0 amide bonds. The zero-order chi connectivity index (χ0) is 11.1. The Hall–Kier alpha value is -0.340. The lowest BCUT2D eigenvalue weighted by molar-refractivity contribution is 0.103. The molecule has 15 heavy (non-hydrogen) atoms. The molecule has 2 rings (SSSR count). The number of fused-ring (bicyclic) bond motifs is 1. The lowest BCUT2D eigenvalue weighted by Gasteiger charge is -2.21. The van der Waals surface area contributed by atoms with Gasteiger partial charge in [0.1, 0.15) is 11.7 Å². The molecule has 1 aliphatic heterocycles. The second-order valence-electron chi connectivity index (χ2n) is 5.98. The Bertz CT molecular complexity index is 264. The molecule has 2 aliphatic rings. The molecule has 1 heterocycles. The van der Waals surface area contributed by atoms with Crippen molar-refractivity contribution in [3.63, 3.8) is 0 Å². The Kier molecular flexibility index (Phi) is 2.68. The summed E-state index contributed by atoms with van der Waals surface area (Å²) in [6, 6.07) is 0. The van der Waals surface area contributed by atoms with E-state index >= 15 is 0 Å². The van der Waals surface area contributed by atoms with Gasteiger partial charge in [0.25, 0.3) is 0 Å². The van der Waals surface area contributed by atoms with Crippen LogP contribution in [0.15, 0.2) is 12.2 Å². The highest BCUT2D eigenvalue weighted by Gasteiger charge is 2.60. The largest absolute Gasteiger partial charge is 0.386 e. The Morgan fingerprint density at radius 3 is 2.73 bits per heavy atom. The van der Waals surface area contributed by atoms with E-state index in [1.807, 2.05) is 6.08 Å². The second-order valence-corrected chi connectivity index (χ2v) is 5.98. The second kappa shape index (κ2) is 3.60. The van der Waals surface area contributed by atoms with Crippen LogP contribution in [-0.4, -0.2) is 22.9 Å². The van der Waals surface area contributed by atoms with E-state index in [1.54, 1.807) is 0 Å². The summed E-state index contributed by atoms with van der Waals surface area (Å²) in [5, 5.41) is 10.1.